The van der Waals surface area contributed by atoms with E-state index < -0.39 is 0 Å². The number of hydrogen-bond donors (Lipinski definition) is 0. The third kappa shape index (κ3) is 6.46. The Kier molecular flexibility index (Phi) is 8.83. The van der Waals surface area contributed by atoms with Gasteiger partial charge < -0.3 is 13.7 Å². The Morgan fingerprint density at radius 1 is 0.238 bits per heavy atom. The Morgan fingerprint density at radius 3 is 1.40 bits per heavy atom. The van der Waals surface area contributed by atoms with E-state index in [9.17, 15) is 0 Å². The molecule has 0 unspecified atom stereocenters. The summed E-state index contributed by atoms with van der Waals surface area (Å²) in [6, 6.07) is 84.0. The monoisotopic (exact) mass is 805 g/mol. The summed E-state index contributed by atoms with van der Waals surface area (Å²) in [7, 11) is 0. The second-order valence-electron chi connectivity index (χ2n) is 16.0. The summed E-state index contributed by atoms with van der Waals surface area (Å²) in [6.45, 7) is 0. The smallest absolute Gasteiger partial charge is 0.143 e. The first kappa shape index (κ1) is 36.5. The molecule has 2 heterocycles. The van der Waals surface area contributed by atoms with E-state index in [1.54, 1.807) is 0 Å². The lowest BCUT2D eigenvalue weighted by molar-refractivity contribution is 0.669. The van der Waals surface area contributed by atoms with Crippen LogP contribution in [0.5, 0.6) is 0 Å². The average Bonchev–Trinajstić information content (AvgIpc) is 3.93. The molecule has 0 atom stereocenters. The molecule has 0 saturated heterocycles. The van der Waals surface area contributed by atoms with E-state index >= 15 is 0 Å². The first-order valence-corrected chi connectivity index (χ1v) is 21.4. The highest BCUT2D eigenvalue weighted by Crippen LogP contribution is 2.43. The molecule has 0 aliphatic rings. The Morgan fingerprint density at radius 2 is 0.714 bits per heavy atom. The molecule has 0 saturated carbocycles. The highest BCUT2D eigenvalue weighted by Gasteiger charge is 2.19. The van der Waals surface area contributed by atoms with Crippen molar-refractivity contribution in [2.75, 3.05) is 4.90 Å². The Balaban J connectivity index is 0.934. The van der Waals surface area contributed by atoms with Crippen LogP contribution < -0.4 is 4.90 Å². The van der Waals surface area contributed by atoms with Crippen LogP contribution >= 0.6 is 0 Å². The van der Waals surface area contributed by atoms with Gasteiger partial charge in [0.1, 0.15) is 22.3 Å². The summed E-state index contributed by atoms with van der Waals surface area (Å²) in [5.74, 6) is 0. The fraction of sp³-hybridized carbons (Fsp3) is 0. The van der Waals surface area contributed by atoms with Crippen molar-refractivity contribution in [3.63, 3.8) is 0 Å². The average molecular weight is 806 g/mol. The van der Waals surface area contributed by atoms with Gasteiger partial charge in [0, 0.05) is 50.2 Å². The molecule has 12 aromatic rings. The van der Waals surface area contributed by atoms with E-state index in [-0.39, 0.29) is 0 Å². The van der Waals surface area contributed by atoms with Crippen LogP contribution in [-0.4, -0.2) is 0 Å². The van der Waals surface area contributed by atoms with E-state index in [1.165, 1.54) is 27.8 Å². The maximum Gasteiger partial charge on any atom is 0.143 e. The molecule has 3 heteroatoms. The predicted molar refractivity (Wildman–Crippen MR) is 263 cm³/mol. The van der Waals surface area contributed by atoms with E-state index in [0.717, 1.165) is 88.8 Å². The molecule has 10 aromatic carbocycles. The molecule has 12 rings (SSSR count). The fourth-order valence-corrected chi connectivity index (χ4v) is 9.27. The molecule has 2 aromatic heterocycles. The van der Waals surface area contributed by atoms with Crippen molar-refractivity contribution >= 4 is 60.9 Å². The zero-order valence-corrected chi connectivity index (χ0v) is 34.3. The molecular weight excluding hydrogens is 767 g/mol. The largest absolute Gasteiger partial charge is 0.456 e. The number of rotatable bonds is 8. The van der Waals surface area contributed by atoms with Gasteiger partial charge in [-0.1, -0.05) is 176 Å². The van der Waals surface area contributed by atoms with Gasteiger partial charge in [0.25, 0.3) is 0 Å². The second kappa shape index (κ2) is 15.3. The van der Waals surface area contributed by atoms with Gasteiger partial charge >= 0.3 is 0 Å². The maximum absolute atomic E-state index is 6.50. The van der Waals surface area contributed by atoms with Crippen molar-refractivity contribution < 1.29 is 8.83 Å². The second-order valence-corrected chi connectivity index (χ2v) is 16.0. The number of benzene rings is 10. The molecule has 0 bridgehead atoms. The molecule has 3 nitrogen and oxygen atoms in total. The van der Waals surface area contributed by atoms with Crippen LogP contribution in [0.1, 0.15) is 0 Å². The molecule has 0 aliphatic heterocycles. The molecule has 0 radical (unpaired) electrons. The van der Waals surface area contributed by atoms with Gasteiger partial charge in [-0.2, -0.15) is 0 Å². The van der Waals surface area contributed by atoms with E-state index in [2.05, 4.69) is 223 Å². The van der Waals surface area contributed by atoms with E-state index in [0.29, 0.717) is 0 Å². The van der Waals surface area contributed by atoms with Crippen molar-refractivity contribution in [2.24, 2.45) is 0 Å². The van der Waals surface area contributed by atoms with Crippen LogP contribution in [0.2, 0.25) is 0 Å². The quantitative estimate of drug-likeness (QED) is 0.153. The summed E-state index contributed by atoms with van der Waals surface area (Å²) in [6.07, 6.45) is 0. The lowest BCUT2D eigenvalue weighted by atomic mass is 9.89. The van der Waals surface area contributed by atoms with Crippen molar-refractivity contribution in [2.45, 2.75) is 0 Å². The van der Waals surface area contributed by atoms with Gasteiger partial charge in [-0.15, -0.1) is 0 Å². The van der Waals surface area contributed by atoms with Gasteiger partial charge in [-0.25, -0.2) is 0 Å². The topological polar surface area (TPSA) is 29.5 Å². The minimum Gasteiger partial charge on any atom is -0.456 e. The first-order chi connectivity index (χ1) is 31.2. The van der Waals surface area contributed by atoms with E-state index in [1.807, 2.05) is 18.2 Å². The summed E-state index contributed by atoms with van der Waals surface area (Å²) >= 11 is 0. The third-order valence-electron chi connectivity index (χ3n) is 12.3. The molecule has 0 amide bonds. The first-order valence-electron chi connectivity index (χ1n) is 21.4. The fourth-order valence-electron chi connectivity index (χ4n) is 9.27. The summed E-state index contributed by atoms with van der Waals surface area (Å²) in [5.41, 5.74) is 18.3. The standard InChI is InChI=1S/C60H39NO2/c1-3-14-41(15-4-1)48-18-7-9-20-51(48)52-21-10-8-19-49(52)43-28-33-46(34-29-43)61(47-35-36-54-53-22-11-12-25-57(53)62-59(54)39-47)45-31-26-40(27-32-45)44-30-37-58-56(38-44)55-24-13-23-50(60(55)63-58)42-16-5-2-6-17-42/h1-39H. The molecule has 63 heavy (non-hydrogen) atoms. The number of fused-ring (bicyclic) bond motifs is 6. The van der Waals surface area contributed by atoms with Gasteiger partial charge in [-0.3, -0.25) is 0 Å². The highest BCUT2D eigenvalue weighted by molar-refractivity contribution is 6.11. The Labute approximate surface area is 365 Å². The number of nitrogens with zero attached hydrogens (tertiary/aromatic N) is 1. The Bertz CT molecular complexity index is 3600. The molecular formula is C60H39NO2. The summed E-state index contributed by atoms with van der Waals surface area (Å²) < 4.78 is 12.9. The SMILES string of the molecule is c1ccc(-c2ccccc2-c2ccccc2-c2ccc(N(c3ccc(-c4ccc5oc6c(-c7ccccc7)cccc6c5c4)cc3)c3ccc4c(c3)oc3ccccc34)cc2)cc1. The minimum absolute atomic E-state index is 0.856. The van der Waals surface area contributed by atoms with Crippen molar-refractivity contribution in [1.29, 1.82) is 0 Å². The Hall–Kier alpha value is -8.40. The van der Waals surface area contributed by atoms with Crippen LogP contribution in [0.15, 0.2) is 245 Å². The van der Waals surface area contributed by atoms with Gasteiger partial charge in [0.15, 0.2) is 0 Å². The van der Waals surface area contributed by atoms with Gasteiger partial charge in [-0.05, 0) is 105 Å². The normalized spacial score (nSPS) is 11.5. The van der Waals surface area contributed by atoms with Crippen LogP contribution in [-0.2, 0) is 0 Å². The number of hydrogen-bond acceptors (Lipinski definition) is 3. The maximum atomic E-state index is 6.50. The van der Waals surface area contributed by atoms with Crippen LogP contribution in [0.25, 0.3) is 99.5 Å². The highest BCUT2D eigenvalue weighted by atomic mass is 16.3. The van der Waals surface area contributed by atoms with Crippen molar-refractivity contribution in [3.05, 3.63) is 237 Å². The molecule has 296 valence electrons. The molecule has 0 fully saturated rings. The lowest BCUT2D eigenvalue weighted by Gasteiger charge is -2.26. The van der Waals surface area contributed by atoms with Gasteiger partial charge in [0.05, 0.1) is 0 Å². The van der Waals surface area contributed by atoms with Crippen LogP contribution in [0.3, 0.4) is 0 Å². The molecule has 0 N–H and O–H groups in total. The number of anilines is 3. The van der Waals surface area contributed by atoms with Crippen LogP contribution in [0, 0.1) is 0 Å². The minimum atomic E-state index is 0.856. The molecule has 0 spiro atoms. The lowest BCUT2D eigenvalue weighted by Crippen LogP contribution is -2.09. The van der Waals surface area contributed by atoms with Crippen molar-refractivity contribution in [3.8, 4) is 55.6 Å². The zero-order chi connectivity index (χ0) is 41.7. The summed E-state index contributed by atoms with van der Waals surface area (Å²) in [4.78, 5) is 2.31. The van der Waals surface area contributed by atoms with E-state index in [4.69, 9.17) is 8.83 Å². The zero-order valence-electron chi connectivity index (χ0n) is 34.3. The predicted octanol–water partition coefficient (Wildman–Crippen LogP) is 17.3. The van der Waals surface area contributed by atoms with Gasteiger partial charge in [0.2, 0.25) is 0 Å². The summed E-state index contributed by atoms with van der Waals surface area (Å²) in [5, 5.41) is 4.44. The number of para-hydroxylation sites is 2. The third-order valence-corrected chi connectivity index (χ3v) is 12.3. The van der Waals surface area contributed by atoms with Crippen molar-refractivity contribution in [1.82, 2.24) is 0 Å². The molecule has 0 aliphatic carbocycles. The number of furan rings is 2. The van der Waals surface area contributed by atoms with Crippen LogP contribution in [0.4, 0.5) is 17.1 Å².